The summed E-state index contributed by atoms with van der Waals surface area (Å²) >= 11 is 0. The van der Waals surface area contributed by atoms with Gasteiger partial charge in [0.1, 0.15) is 19.3 Å². The molecule has 0 bridgehead atoms. The number of phosphoric ester groups is 2. The minimum Gasteiger partial charge on any atom is -0.462 e. The van der Waals surface area contributed by atoms with Gasteiger partial charge in [0.15, 0.2) is 12.2 Å². The Hall–Kier alpha value is -1.94. The largest absolute Gasteiger partial charge is 0.472 e. The van der Waals surface area contributed by atoms with Gasteiger partial charge in [0.25, 0.3) is 0 Å². The first-order chi connectivity index (χ1) is 43.5. The second kappa shape index (κ2) is 64.4. The number of unbranched alkanes of at least 4 members (excludes halogenated alkanes) is 43. The first kappa shape index (κ1) is 88.1. The maximum absolute atomic E-state index is 13.0. The van der Waals surface area contributed by atoms with E-state index in [9.17, 15) is 43.2 Å². The molecular weight excluding hydrogens is 1190 g/mol. The highest BCUT2D eigenvalue weighted by molar-refractivity contribution is 7.47. The van der Waals surface area contributed by atoms with Gasteiger partial charge in [0, 0.05) is 25.7 Å². The molecule has 0 saturated heterocycles. The van der Waals surface area contributed by atoms with Crippen LogP contribution in [-0.4, -0.2) is 96.7 Å². The second-order valence-electron chi connectivity index (χ2n) is 26.1. The van der Waals surface area contributed by atoms with Crippen LogP contribution in [0.15, 0.2) is 0 Å². The second-order valence-corrected chi connectivity index (χ2v) is 29.0. The van der Waals surface area contributed by atoms with Gasteiger partial charge in [0.05, 0.1) is 26.4 Å². The summed E-state index contributed by atoms with van der Waals surface area (Å²) in [6, 6.07) is 0. The zero-order valence-corrected chi connectivity index (χ0v) is 60.1. The third kappa shape index (κ3) is 64.8. The zero-order valence-electron chi connectivity index (χ0n) is 58.3. The first-order valence-corrected chi connectivity index (χ1v) is 40.1. The molecule has 0 aliphatic heterocycles. The van der Waals surface area contributed by atoms with Crippen molar-refractivity contribution in [1.29, 1.82) is 0 Å². The number of carbonyl (C=O) groups is 4. The van der Waals surface area contributed by atoms with E-state index < -0.39 is 97.5 Å². The number of phosphoric acid groups is 2. The molecule has 19 heteroatoms. The summed E-state index contributed by atoms with van der Waals surface area (Å²) < 4.78 is 68.1. The van der Waals surface area contributed by atoms with Crippen LogP contribution in [0.3, 0.4) is 0 Å². The van der Waals surface area contributed by atoms with Crippen LogP contribution in [-0.2, 0) is 65.4 Å². The number of ether oxygens (including phenoxy) is 4. The predicted molar refractivity (Wildman–Crippen MR) is 363 cm³/mol. The van der Waals surface area contributed by atoms with Crippen molar-refractivity contribution in [3.63, 3.8) is 0 Å². The van der Waals surface area contributed by atoms with Gasteiger partial charge in [-0.25, -0.2) is 9.13 Å². The molecule has 534 valence electrons. The molecule has 0 amide bonds. The van der Waals surface area contributed by atoms with Crippen LogP contribution in [0.25, 0.3) is 0 Å². The molecule has 0 aromatic carbocycles. The summed E-state index contributed by atoms with van der Waals surface area (Å²) in [6.07, 6.45) is 51.7. The summed E-state index contributed by atoms with van der Waals surface area (Å²) in [5, 5.41) is 10.6. The number of hydrogen-bond acceptors (Lipinski definition) is 15. The molecule has 0 heterocycles. The summed E-state index contributed by atoms with van der Waals surface area (Å²) in [5.41, 5.74) is 0. The fourth-order valence-electron chi connectivity index (χ4n) is 10.8. The Kier molecular flexibility index (Phi) is 63.0. The third-order valence-corrected chi connectivity index (χ3v) is 18.4. The number of aliphatic hydroxyl groups is 1. The first-order valence-electron chi connectivity index (χ1n) is 37.1. The van der Waals surface area contributed by atoms with Crippen LogP contribution in [0.4, 0.5) is 0 Å². The highest BCUT2D eigenvalue weighted by Crippen LogP contribution is 2.45. The molecule has 5 atom stereocenters. The van der Waals surface area contributed by atoms with Gasteiger partial charge in [-0.3, -0.25) is 37.3 Å². The fourth-order valence-corrected chi connectivity index (χ4v) is 12.4. The Balaban J connectivity index is 5.10. The SMILES string of the molecule is CCCCCCCCCCCCCCCCCCCCCCCCC(=O)O[C@H](COC(=O)CCCCCCCCCC(C)C)COP(=O)(O)OC[C@@H](O)COP(=O)(O)OC[C@@H](COC(=O)CCCCCCCCCC)OC(=O)CCCCCCCCCCCC. The van der Waals surface area contributed by atoms with E-state index >= 15 is 0 Å². The molecule has 0 fully saturated rings. The molecular formula is C71H138O17P2. The zero-order chi connectivity index (χ0) is 66.3. The van der Waals surface area contributed by atoms with Crippen LogP contribution in [0.1, 0.15) is 369 Å². The minimum absolute atomic E-state index is 0.106. The molecule has 0 saturated carbocycles. The van der Waals surface area contributed by atoms with Gasteiger partial charge >= 0.3 is 39.5 Å². The molecule has 2 unspecified atom stereocenters. The molecule has 0 aromatic rings. The van der Waals surface area contributed by atoms with E-state index in [1.54, 1.807) is 0 Å². The lowest BCUT2D eigenvalue weighted by Gasteiger charge is -2.21. The van der Waals surface area contributed by atoms with Crippen LogP contribution in [0, 0.1) is 5.92 Å². The van der Waals surface area contributed by atoms with Crippen LogP contribution < -0.4 is 0 Å². The Morgan fingerprint density at radius 2 is 0.511 bits per heavy atom. The summed E-state index contributed by atoms with van der Waals surface area (Å²) in [7, 11) is -9.89. The lowest BCUT2D eigenvalue weighted by Crippen LogP contribution is -2.30. The number of esters is 4. The monoisotopic (exact) mass is 1320 g/mol. The van der Waals surface area contributed by atoms with Gasteiger partial charge < -0.3 is 33.8 Å². The average molecular weight is 1330 g/mol. The molecule has 0 aliphatic carbocycles. The number of hydrogen-bond donors (Lipinski definition) is 3. The summed E-state index contributed by atoms with van der Waals surface area (Å²) in [6.45, 7) is 7.15. The molecule has 90 heavy (non-hydrogen) atoms. The smallest absolute Gasteiger partial charge is 0.462 e. The highest BCUT2D eigenvalue weighted by atomic mass is 31.2. The van der Waals surface area contributed by atoms with E-state index in [2.05, 4.69) is 34.6 Å². The van der Waals surface area contributed by atoms with Gasteiger partial charge in [-0.05, 0) is 31.6 Å². The fraction of sp³-hybridized carbons (Fsp3) is 0.944. The van der Waals surface area contributed by atoms with Crippen molar-refractivity contribution in [1.82, 2.24) is 0 Å². The van der Waals surface area contributed by atoms with Gasteiger partial charge in [-0.15, -0.1) is 0 Å². The van der Waals surface area contributed by atoms with Crippen LogP contribution >= 0.6 is 15.6 Å². The van der Waals surface area contributed by atoms with Crippen LogP contribution in [0.2, 0.25) is 0 Å². The number of aliphatic hydroxyl groups excluding tert-OH is 1. The minimum atomic E-state index is -4.95. The van der Waals surface area contributed by atoms with Crippen molar-refractivity contribution in [2.45, 2.75) is 387 Å². The van der Waals surface area contributed by atoms with E-state index in [0.29, 0.717) is 31.6 Å². The maximum atomic E-state index is 13.0. The summed E-state index contributed by atoms with van der Waals surface area (Å²) in [4.78, 5) is 72.4. The Morgan fingerprint density at radius 3 is 0.756 bits per heavy atom. The lowest BCUT2D eigenvalue weighted by molar-refractivity contribution is -0.161. The third-order valence-electron chi connectivity index (χ3n) is 16.5. The molecule has 0 aromatic heterocycles. The molecule has 0 spiro atoms. The van der Waals surface area contributed by atoms with Gasteiger partial charge in [0.2, 0.25) is 0 Å². The average Bonchev–Trinajstić information content (AvgIpc) is 3.72. The van der Waals surface area contributed by atoms with E-state index in [0.717, 1.165) is 103 Å². The lowest BCUT2D eigenvalue weighted by atomic mass is 10.0. The van der Waals surface area contributed by atoms with Crippen molar-refractivity contribution in [3.8, 4) is 0 Å². The number of rotatable bonds is 71. The van der Waals surface area contributed by atoms with E-state index in [1.165, 1.54) is 180 Å². The molecule has 0 radical (unpaired) electrons. The topological polar surface area (TPSA) is 237 Å². The standard InChI is InChI=1S/C71H138O17P2/c1-6-9-12-15-18-21-23-24-25-26-27-28-29-30-31-32-33-34-36-41-47-52-57-71(76)88-67(61-82-69(74)55-50-45-42-37-38-43-48-53-64(4)5)63-86-90(79,80)84-59-65(72)58-83-89(77,78)85-62-66(60-81-68(73)54-49-44-39-20-17-14-11-8-3)87-70(75)56-51-46-40-35-22-19-16-13-10-7-2/h64-67,72H,6-63H2,1-5H3,(H,77,78)(H,79,80)/t65-,66+,67+/m0/s1. The Morgan fingerprint density at radius 1 is 0.300 bits per heavy atom. The number of carbonyl (C=O) groups excluding carboxylic acids is 4. The van der Waals surface area contributed by atoms with Crippen molar-refractivity contribution < 1.29 is 80.2 Å². The van der Waals surface area contributed by atoms with Crippen LogP contribution in [0.5, 0.6) is 0 Å². The van der Waals surface area contributed by atoms with E-state index in [-0.39, 0.29) is 25.7 Å². The predicted octanol–water partition coefficient (Wildman–Crippen LogP) is 20.5. The Labute approximate surface area is 549 Å². The summed E-state index contributed by atoms with van der Waals surface area (Å²) in [5.74, 6) is -1.42. The van der Waals surface area contributed by atoms with Crippen molar-refractivity contribution >= 4 is 39.5 Å². The van der Waals surface area contributed by atoms with Gasteiger partial charge in [-0.2, -0.15) is 0 Å². The van der Waals surface area contributed by atoms with Crippen molar-refractivity contribution in [2.24, 2.45) is 5.92 Å². The quantitative estimate of drug-likeness (QED) is 0.0222. The molecule has 3 N–H and O–H groups in total. The van der Waals surface area contributed by atoms with E-state index in [1.807, 2.05) is 0 Å². The van der Waals surface area contributed by atoms with Gasteiger partial charge in [-0.1, -0.05) is 317 Å². The molecule has 0 aliphatic rings. The van der Waals surface area contributed by atoms with E-state index in [4.69, 9.17) is 37.0 Å². The normalized spacial score (nSPS) is 14.1. The molecule has 17 nitrogen and oxygen atoms in total. The Bertz CT molecular complexity index is 1740. The highest BCUT2D eigenvalue weighted by Gasteiger charge is 2.30. The molecule has 0 rings (SSSR count). The maximum Gasteiger partial charge on any atom is 0.472 e. The van der Waals surface area contributed by atoms with Crippen molar-refractivity contribution in [3.05, 3.63) is 0 Å². The van der Waals surface area contributed by atoms with Crippen molar-refractivity contribution in [2.75, 3.05) is 39.6 Å².